The van der Waals surface area contributed by atoms with Crippen molar-refractivity contribution in [3.8, 4) is 0 Å². The molecule has 0 aliphatic carbocycles. The molecule has 0 aliphatic heterocycles. The molecule has 0 aliphatic rings. The summed E-state index contributed by atoms with van der Waals surface area (Å²) < 4.78 is 29.2. The molecule has 0 aromatic rings. The van der Waals surface area contributed by atoms with E-state index in [9.17, 15) is 0 Å². The van der Waals surface area contributed by atoms with Gasteiger partial charge in [-0.3, -0.25) is 0 Å². The highest BCUT2D eigenvalue weighted by molar-refractivity contribution is 4.85. The Bertz CT molecular complexity index is 442. The van der Waals surface area contributed by atoms with Crippen LogP contribution < -0.4 is 0 Å². The van der Waals surface area contributed by atoms with Crippen LogP contribution in [0.25, 0.3) is 0 Å². The van der Waals surface area contributed by atoms with Crippen LogP contribution in [0.2, 0.25) is 0 Å². The summed E-state index contributed by atoms with van der Waals surface area (Å²) in [5.41, 5.74) is 0. The highest BCUT2D eigenvalue weighted by Crippen LogP contribution is 2.07. The molecule has 0 aromatic heterocycles. The summed E-state index contributed by atoms with van der Waals surface area (Å²) in [6.07, 6.45) is 6.67. The van der Waals surface area contributed by atoms with Gasteiger partial charge in [0.2, 0.25) is 0 Å². The van der Waals surface area contributed by atoms with E-state index in [1.54, 1.807) is 0 Å². The van der Waals surface area contributed by atoms with Crippen LogP contribution in [0.3, 0.4) is 0 Å². The van der Waals surface area contributed by atoms with Crippen molar-refractivity contribution in [3.63, 3.8) is 0 Å². The van der Waals surface area contributed by atoms with Crippen LogP contribution in [0.4, 0.5) is 0 Å². The summed E-state index contributed by atoms with van der Waals surface area (Å²) in [4.78, 5) is 0. The lowest BCUT2D eigenvalue weighted by Crippen LogP contribution is -2.21. The maximum atomic E-state index is 5.88. The van der Waals surface area contributed by atoms with Gasteiger partial charge in [0.15, 0.2) is 0 Å². The highest BCUT2D eigenvalue weighted by atomic mass is 16.5. The van der Waals surface area contributed by atoms with E-state index in [2.05, 4.69) is 67.5 Å². The molecule has 0 saturated heterocycles. The molecule has 0 heterocycles. The van der Waals surface area contributed by atoms with Gasteiger partial charge in [0.05, 0.1) is 59.5 Å². The van der Waals surface area contributed by atoms with Gasteiger partial charge in [-0.1, -0.05) is 74.0 Å². The molecule has 198 valence electrons. The average molecular weight is 473 g/mol. The monoisotopic (exact) mass is 472 g/mol. The van der Waals surface area contributed by atoms with Gasteiger partial charge in [0, 0.05) is 30.3 Å². The van der Waals surface area contributed by atoms with E-state index in [1.165, 1.54) is 0 Å². The van der Waals surface area contributed by atoms with Crippen LogP contribution in [0.5, 0.6) is 0 Å². The summed E-state index contributed by atoms with van der Waals surface area (Å²) >= 11 is 0. The minimum absolute atomic E-state index is 0.383. The van der Waals surface area contributed by atoms with Crippen LogP contribution >= 0.6 is 0 Å². The van der Waals surface area contributed by atoms with Crippen molar-refractivity contribution in [3.05, 3.63) is 12.2 Å². The Morgan fingerprint density at radius 2 is 0.758 bits per heavy atom. The van der Waals surface area contributed by atoms with Crippen molar-refractivity contribution >= 4 is 0 Å². The fraction of sp³-hybridized carbons (Fsp3) is 0.929. The second kappa shape index (κ2) is 22.0. The first kappa shape index (κ1) is 32.5. The predicted octanol–water partition coefficient (Wildman–Crippen LogP) is 6.26. The summed E-state index contributed by atoms with van der Waals surface area (Å²) in [6, 6.07) is 0. The molecule has 0 amide bonds. The van der Waals surface area contributed by atoms with Crippen LogP contribution in [0, 0.1) is 35.5 Å². The Balaban J connectivity index is 3.64. The van der Waals surface area contributed by atoms with E-state index in [1.807, 2.05) is 0 Å². The smallest absolute Gasteiger partial charge is 0.0526 e. The normalized spacial score (nSPS) is 17.7. The summed E-state index contributed by atoms with van der Waals surface area (Å²) in [5.74, 6) is 2.70. The van der Waals surface area contributed by atoms with Gasteiger partial charge < -0.3 is 23.7 Å². The molecule has 0 radical (unpaired) electrons. The van der Waals surface area contributed by atoms with E-state index in [0.717, 1.165) is 78.9 Å². The fourth-order valence-electron chi connectivity index (χ4n) is 3.07. The Hall–Kier alpha value is -0.460. The predicted molar refractivity (Wildman–Crippen MR) is 139 cm³/mol. The van der Waals surface area contributed by atoms with Crippen molar-refractivity contribution < 1.29 is 23.7 Å². The Morgan fingerprint density at radius 1 is 0.455 bits per heavy atom. The lowest BCUT2D eigenvalue weighted by Gasteiger charge is -2.19. The van der Waals surface area contributed by atoms with Gasteiger partial charge in [0.1, 0.15) is 0 Å². The average Bonchev–Trinajstić information content (AvgIpc) is 2.77. The fourth-order valence-corrected chi connectivity index (χ4v) is 3.07. The zero-order chi connectivity index (χ0) is 24.9. The molecule has 5 nitrogen and oxygen atoms in total. The molecule has 33 heavy (non-hydrogen) atoms. The van der Waals surface area contributed by atoms with Crippen LogP contribution in [0.1, 0.15) is 68.2 Å². The van der Waals surface area contributed by atoms with E-state index in [-0.39, 0.29) is 0 Å². The van der Waals surface area contributed by atoms with Crippen LogP contribution in [-0.4, -0.2) is 66.1 Å². The summed E-state index contributed by atoms with van der Waals surface area (Å²) in [7, 11) is 0. The largest absolute Gasteiger partial charge is 0.381 e. The lowest BCUT2D eigenvalue weighted by atomic mass is 10.1. The lowest BCUT2D eigenvalue weighted by molar-refractivity contribution is -0.00868. The zero-order valence-electron chi connectivity index (χ0n) is 23.1. The second-order valence-electron chi connectivity index (χ2n) is 10.4. The SMILES string of the molecule is CCC=CC(C)COCC(C)COCC(C)COCC(C)COCC(C)COCC(C)CC. The summed E-state index contributed by atoms with van der Waals surface area (Å²) in [5, 5.41) is 0. The van der Waals surface area contributed by atoms with Gasteiger partial charge in [-0.05, 0) is 18.3 Å². The van der Waals surface area contributed by atoms with Crippen molar-refractivity contribution in [2.75, 3.05) is 66.1 Å². The molecular weight excluding hydrogens is 416 g/mol. The molecule has 6 atom stereocenters. The van der Waals surface area contributed by atoms with E-state index in [0.29, 0.717) is 35.5 Å². The van der Waals surface area contributed by atoms with Gasteiger partial charge >= 0.3 is 0 Å². The van der Waals surface area contributed by atoms with Gasteiger partial charge in [-0.2, -0.15) is 0 Å². The number of ether oxygens (including phenoxy) is 5. The molecule has 0 N–H and O–H groups in total. The maximum Gasteiger partial charge on any atom is 0.0526 e. The third-order valence-corrected chi connectivity index (χ3v) is 5.40. The number of allylic oxidation sites excluding steroid dienone is 1. The quantitative estimate of drug-likeness (QED) is 0.164. The maximum absolute atomic E-state index is 5.88. The first-order chi connectivity index (χ1) is 15.8. The molecule has 5 heteroatoms. The third-order valence-electron chi connectivity index (χ3n) is 5.40. The Labute approximate surface area is 205 Å². The van der Waals surface area contributed by atoms with E-state index in [4.69, 9.17) is 23.7 Å². The topological polar surface area (TPSA) is 46.2 Å². The molecule has 0 saturated carbocycles. The van der Waals surface area contributed by atoms with Crippen molar-refractivity contribution in [1.29, 1.82) is 0 Å². The molecule has 0 spiro atoms. The van der Waals surface area contributed by atoms with E-state index >= 15 is 0 Å². The first-order valence-corrected chi connectivity index (χ1v) is 13.3. The van der Waals surface area contributed by atoms with Crippen molar-refractivity contribution in [2.45, 2.75) is 68.2 Å². The minimum Gasteiger partial charge on any atom is -0.381 e. The Morgan fingerprint density at radius 3 is 1.06 bits per heavy atom. The molecule has 0 rings (SSSR count). The standard InChI is InChI=1S/C28H56O5/c1-9-11-12-24(4)14-30-16-26(6)18-32-20-28(8)22-33-21-27(7)19-31-17-25(5)15-29-13-23(3)10-2/h11-12,23-28H,9-10,13-22H2,1-8H3. The Kier molecular flexibility index (Phi) is 21.7. The van der Waals surface area contributed by atoms with Crippen LogP contribution in [0.15, 0.2) is 12.2 Å². The van der Waals surface area contributed by atoms with Crippen molar-refractivity contribution in [1.82, 2.24) is 0 Å². The van der Waals surface area contributed by atoms with Crippen molar-refractivity contribution in [2.24, 2.45) is 35.5 Å². The number of hydrogen-bond donors (Lipinski definition) is 0. The zero-order valence-corrected chi connectivity index (χ0v) is 23.1. The van der Waals surface area contributed by atoms with Gasteiger partial charge in [0.25, 0.3) is 0 Å². The van der Waals surface area contributed by atoms with E-state index < -0.39 is 0 Å². The molecular formula is C28H56O5. The van der Waals surface area contributed by atoms with Crippen LogP contribution in [-0.2, 0) is 23.7 Å². The second-order valence-corrected chi connectivity index (χ2v) is 10.4. The minimum atomic E-state index is 0.383. The molecule has 0 bridgehead atoms. The van der Waals surface area contributed by atoms with Gasteiger partial charge in [-0.15, -0.1) is 0 Å². The number of hydrogen-bond acceptors (Lipinski definition) is 5. The van der Waals surface area contributed by atoms with Gasteiger partial charge in [-0.25, -0.2) is 0 Å². The first-order valence-electron chi connectivity index (χ1n) is 13.3. The number of rotatable bonds is 23. The highest BCUT2D eigenvalue weighted by Gasteiger charge is 2.10. The molecule has 0 fully saturated rings. The molecule has 0 aromatic carbocycles. The third kappa shape index (κ3) is 21.8. The summed E-state index contributed by atoms with van der Waals surface area (Å²) in [6.45, 7) is 25.0. The molecule has 6 unspecified atom stereocenters.